The summed E-state index contributed by atoms with van der Waals surface area (Å²) in [6, 6.07) is 9.17. The molecule has 0 spiro atoms. The van der Waals surface area contributed by atoms with Crippen LogP contribution in [0.4, 0.5) is 0 Å². The fourth-order valence-electron chi connectivity index (χ4n) is 4.47. The average molecular weight is 353 g/mol. The second-order valence-corrected chi connectivity index (χ2v) is 7.64. The normalized spacial score (nSPS) is 25.5. The topological polar surface area (TPSA) is 85.2 Å². The van der Waals surface area contributed by atoms with E-state index in [0.717, 1.165) is 17.4 Å². The Hall–Kier alpha value is -2.48. The molecule has 2 aliphatic carbocycles. The highest BCUT2D eigenvalue weighted by atomic mass is 16.3. The molecule has 5 heteroatoms. The minimum atomic E-state index is -0.348. The van der Waals surface area contributed by atoms with Gasteiger partial charge in [-0.25, -0.2) is 0 Å². The van der Waals surface area contributed by atoms with E-state index in [9.17, 15) is 15.2 Å². The molecule has 2 bridgehead atoms. The van der Waals surface area contributed by atoms with Crippen molar-refractivity contribution in [2.24, 2.45) is 17.8 Å². The third kappa shape index (κ3) is 4.37. The zero-order valence-corrected chi connectivity index (χ0v) is 15.2. The molecule has 2 fully saturated rings. The summed E-state index contributed by atoms with van der Waals surface area (Å²) < 4.78 is 0. The SMILES string of the molecule is CC(N/C=C(/C#N)C(=O)NCCc1ccc(O)cc1)C1CC2CCC1C2. The zero-order chi connectivity index (χ0) is 18.5. The van der Waals surface area contributed by atoms with Gasteiger partial charge < -0.3 is 15.7 Å². The van der Waals surface area contributed by atoms with Crippen LogP contribution in [0.25, 0.3) is 0 Å². The molecule has 4 atom stereocenters. The van der Waals surface area contributed by atoms with Crippen LogP contribution in [0.5, 0.6) is 5.75 Å². The number of phenolic OH excluding ortho intramolecular Hbond substituents is 1. The molecule has 0 radical (unpaired) electrons. The Morgan fingerprint density at radius 2 is 2.12 bits per heavy atom. The molecule has 1 amide bonds. The molecule has 3 N–H and O–H groups in total. The first-order valence-corrected chi connectivity index (χ1v) is 9.49. The first-order chi connectivity index (χ1) is 12.6. The Kier molecular flexibility index (Phi) is 5.82. The van der Waals surface area contributed by atoms with Gasteiger partial charge in [0.1, 0.15) is 17.4 Å². The van der Waals surface area contributed by atoms with Gasteiger partial charge in [-0.2, -0.15) is 5.26 Å². The first kappa shape index (κ1) is 18.3. The van der Waals surface area contributed by atoms with Crippen molar-refractivity contribution < 1.29 is 9.90 Å². The van der Waals surface area contributed by atoms with E-state index in [2.05, 4.69) is 17.6 Å². The van der Waals surface area contributed by atoms with Crippen molar-refractivity contribution >= 4 is 5.91 Å². The lowest BCUT2D eigenvalue weighted by Crippen LogP contribution is -2.34. The van der Waals surface area contributed by atoms with Gasteiger partial charge in [-0.05, 0) is 68.1 Å². The number of hydrogen-bond donors (Lipinski definition) is 3. The van der Waals surface area contributed by atoms with E-state index in [4.69, 9.17) is 0 Å². The summed E-state index contributed by atoms with van der Waals surface area (Å²) >= 11 is 0. The van der Waals surface area contributed by atoms with Crippen LogP contribution >= 0.6 is 0 Å². The lowest BCUT2D eigenvalue weighted by molar-refractivity contribution is -0.117. The molecule has 0 aliphatic heterocycles. The van der Waals surface area contributed by atoms with Gasteiger partial charge in [0.25, 0.3) is 5.91 Å². The number of aromatic hydroxyl groups is 1. The maximum atomic E-state index is 12.2. The van der Waals surface area contributed by atoms with Gasteiger partial charge in [-0.3, -0.25) is 4.79 Å². The maximum Gasteiger partial charge on any atom is 0.263 e. The van der Waals surface area contributed by atoms with Crippen LogP contribution in [0.15, 0.2) is 36.0 Å². The zero-order valence-electron chi connectivity index (χ0n) is 15.2. The number of carbonyl (C=O) groups is 1. The van der Waals surface area contributed by atoms with E-state index in [-0.39, 0.29) is 17.2 Å². The van der Waals surface area contributed by atoms with Crippen molar-refractivity contribution in [3.63, 3.8) is 0 Å². The van der Waals surface area contributed by atoms with Gasteiger partial charge in [-0.15, -0.1) is 0 Å². The van der Waals surface area contributed by atoms with Gasteiger partial charge in [0, 0.05) is 18.8 Å². The number of phenols is 1. The van der Waals surface area contributed by atoms with Crippen molar-refractivity contribution in [3.8, 4) is 11.8 Å². The van der Waals surface area contributed by atoms with Crippen LogP contribution in [0, 0.1) is 29.1 Å². The van der Waals surface area contributed by atoms with Gasteiger partial charge in [0.2, 0.25) is 0 Å². The summed E-state index contributed by atoms with van der Waals surface area (Å²) in [6.07, 6.45) is 7.55. The van der Waals surface area contributed by atoms with Crippen LogP contribution in [0.1, 0.15) is 38.2 Å². The molecule has 4 unspecified atom stereocenters. The average Bonchev–Trinajstić information content (AvgIpc) is 3.27. The molecule has 26 heavy (non-hydrogen) atoms. The molecular weight excluding hydrogens is 326 g/mol. The summed E-state index contributed by atoms with van der Waals surface area (Å²) in [5.74, 6) is 2.22. The van der Waals surface area contributed by atoms with Crippen LogP contribution < -0.4 is 10.6 Å². The second-order valence-electron chi connectivity index (χ2n) is 7.64. The second kappa shape index (κ2) is 8.27. The lowest BCUT2D eigenvalue weighted by Gasteiger charge is -2.28. The third-order valence-electron chi connectivity index (χ3n) is 5.93. The predicted octanol–water partition coefficient (Wildman–Crippen LogP) is 2.87. The number of amides is 1. The highest BCUT2D eigenvalue weighted by molar-refractivity contribution is 5.97. The largest absolute Gasteiger partial charge is 0.508 e. The summed E-state index contributed by atoms with van der Waals surface area (Å²) in [5.41, 5.74) is 1.14. The van der Waals surface area contributed by atoms with E-state index < -0.39 is 0 Å². The highest BCUT2D eigenvalue weighted by Gasteiger charge is 2.41. The molecule has 2 aliphatic rings. The summed E-state index contributed by atoms with van der Waals surface area (Å²) in [5, 5.41) is 24.6. The van der Waals surface area contributed by atoms with Crippen LogP contribution in [-0.2, 0) is 11.2 Å². The fraction of sp³-hybridized carbons (Fsp3) is 0.524. The smallest absolute Gasteiger partial charge is 0.263 e. The van der Waals surface area contributed by atoms with E-state index in [1.807, 2.05) is 18.2 Å². The summed E-state index contributed by atoms with van der Waals surface area (Å²) in [4.78, 5) is 12.2. The van der Waals surface area contributed by atoms with Gasteiger partial charge >= 0.3 is 0 Å². The molecular formula is C21H27N3O2. The highest BCUT2D eigenvalue weighted by Crippen LogP contribution is 2.49. The van der Waals surface area contributed by atoms with Crippen LogP contribution in [0.3, 0.4) is 0 Å². The Bertz CT molecular complexity index is 705. The number of fused-ring (bicyclic) bond motifs is 2. The lowest BCUT2D eigenvalue weighted by atomic mass is 9.84. The number of carbonyl (C=O) groups excluding carboxylic acids is 1. The minimum absolute atomic E-state index is 0.116. The Morgan fingerprint density at radius 3 is 2.73 bits per heavy atom. The summed E-state index contributed by atoms with van der Waals surface area (Å²) in [6.45, 7) is 2.60. The molecule has 0 aromatic heterocycles. The van der Waals surface area contributed by atoms with Crippen LogP contribution in [-0.4, -0.2) is 23.6 Å². The van der Waals surface area contributed by atoms with Crippen LogP contribution in [0.2, 0.25) is 0 Å². The number of rotatable bonds is 7. The fourth-order valence-corrected chi connectivity index (χ4v) is 4.47. The van der Waals surface area contributed by atoms with Crippen molar-refractivity contribution in [1.82, 2.24) is 10.6 Å². The van der Waals surface area contributed by atoms with Crippen molar-refractivity contribution in [2.75, 3.05) is 6.54 Å². The monoisotopic (exact) mass is 353 g/mol. The standard InChI is InChI=1S/C21H27N3O2/c1-14(20-11-16-2-5-17(20)10-16)24-13-18(12-22)21(26)23-9-8-15-3-6-19(25)7-4-15/h3-4,6-7,13-14,16-17,20,24-25H,2,5,8-11H2,1H3,(H,23,26)/b18-13-. The third-order valence-corrected chi connectivity index (χ3v) is 5.93. The maximum absolute atomic E-state index is 12.2. The molecule has 138 valence electrons. The molecule has 3 rings (SSSR count). The number of benzene rings is 1. The molecule has 0 heterocycles. The van der Waals surface area contributed by atoms with Gasteiger partial charge in [-0.1, -0.05) is 18.6 Å². The number of nitrogens with one attached hydrogen (secondary N) is 2. The molecule has 5 nitrogen and oxygen atoms in total. The quantitative estimate of drug-likeness (QED) is 0.520. The van der Waals surface area contributed by atoms with Gasteiger partial charge in [0.05, 0.1) is 0 Å². The summed E-state index contributed by atoms with van der Waals surface area (Å²) in [7, 11) is 0. The number of hydrogen-bond acceptors (Lipinski definition) is 4. The molecule has 0 saturated heterocycles. The minimum Gasteiger partial charge on any atom is -0.508 e. The van der Waals surface area contributed by atoms with Gasteiger partial charge in [0.15, 0.2) is 0 Å². The van der Waals surface area contributed by atoms with E-state index in [0.29, 0.717) is 24.9 Å². The van der Waals surface area contributed by atoms with E-state index >= 15 is 0 Å². The number of nitriles is 1. The number of nitrogens with zero attached hydrogens (tertiary/aromatic N) is 1. The van der Waals surface area contributed by atoms with E-state index in [1.54, 1.807) is 18.3 Å². The molecule has 1 aromatic rings. The van der Waals surface area contributed by atoms with E-state index in [1.165, 1.54) is 25.7 Å². The first-order valence-electron chi connectivity index (χ1n) is 9.49. The molecule has 1 aromatic carbocycles. The Labute approximate surface area is 155 Å². The Balaban J connectivity index is 1.46. The molecule has 2 saturated carbocycles. The Morgan fingerprint density at radius 1 is 1.35 bits per heavy atom. The van der Waals surface area contributed by atoms with Crippen molar-refractivity contribution in [2.45, 2.75) is 45.1 Å². The van der Waals surface area contributed by atoms with Crippen molar-refractivity contribution in [3.05, 3.63) is 41.6 Å². The predicted molar refractivity (Wildman–Crippen MR) is 100 cm³/mol. The van der Waals surface area contributed by atoms with Crippen molar-refractivity contribution in [1.29, 1.82) is 5.26 Å².